The Labute approximate surface area is 97.2 Å². The number of carbonyl (C=O) groups is 2. The van der Waals surface area contributed by atoms with Crippen LogP contribution in [0.25, 0.3) is 0 Å². The normalized spacial score (nSPS) is 19.8. The van der Waals surface area contributed by atoms with Gasteiger partial charge in [0.15, 0.2) is 6.04 Å². The molecule has 6 heteroatoms. The van der Waals surface area contributed by atoms with Gasteiger partial charge >= 0.3 is 0 Å². The summed E-state index contributed by atoms with van der Waals surface area (Å²) in [7, 11) is 0. The summed E-state index contributed by atoms with van der Waals surface area (Å²) in [5.41, 5.74) is 5.79. The van der Waals surface area contributed by atoms with E-state index < -0.39 is 17.9 Å². The standard InChI is InChI=1S/C10H8N3O2S/c11-8(14)7-9(15)12-10(16)13(7)6-4-2-1-3-5-6/h1-5,7H,(H2,11,14). The summed E-state index contributed by atoms with van der Waals surface area (Å²) in [6.07, 6.45) is 0. The second-order valence-corrected chi connectivity index (χ2v) is 3.61. The van der Waals surface area contributed by atoms with Crippen LogP contribution in [0.3, 0.4) is 0 Å². The molecule has 1 aliphatic heterocycles. The Morgan fingerprint density at radius 3 is 2.56 bits per heavy atom. The van der Waals surface area contributed by atoms with Crippen molar-refractivity contribution in [3.05, 3.63) is 30.3 Å². The third-order valence-electron chi connectivity index (χ3n) is 2.21. The van der Waals surface area contributed by atoms with Gasteiger partial charge in [-0.05, 0) is 24.4 Å². The maximum Gasteiger partial charge on any atom is 0.281 e. The molecule has 1 saturated heterocycles. The fraction of sp³-hybridized carbons (Fsp3) is 0.100. The highest BCUT2D eigenvalue weighted by molar-refractivity contribution is 7.80. The molecule has 1 unspecified atom stereocenters. The zero-order chi connectivity index (χ0) is 11.7. The molecule has 5 nitrogen and oxygen atoms in total. The predicted octanol–water partition coefficient (Wildman–Crippen LogP) is -0.224. The molecule has 16 heavy (non-hydrogen) atoms. The van der Waals surface area contributed by atoms with Crippen LogP contribution < -0.4 is 16.0 Å². The molecule has 1 aromatic carbocycles. The zero-order valence-electron chi connectivity index (χ0n) is 8.16. The van der Waals surface area contributed by atoms with E-state index in [1.165, 1.54) is 4.90 Å². The number of hydrogen-bond donors (Lipinski definition) is 1. The van der Waals surface area contributed by atoms with Crippen LogP contribution in [0.5, 0.6) is 0 Å². The van der Waals surface area contributed by atoms with Gasteiger partial charge in [0.2, 0.25) is 11.0 Å². The van der Waals surface area contributed by atoms with Gasteiger partial charge in [0.05, 0.1) is 0 Å². The minimum absolute atomic E-state index is 0.0694. The van der Waals surface area contributed by atoms with Gasteiger partial charge in [0.25, 0.3) is 5.91 Å². The third kappa shape index (κ3) is 1.63. The number of rotatable bonds is 2. The van der Waals surface area contributed by atoms with Crippen LogP contribution in [0.1, 0.15) is 0 Å². The fourth-order valence-electron chi connectivity index (χ4n) is 1.53. The van der Waals surface area contributed by atoms with Crippen molar-refractivity contribution < 1.29 is 9.59 Å². The molecule has 1 radical (unpaired) electrons. The van der Waals surface area contributed by atoms with Crippen LogP contribution in [0, 0.1) is 0 Å². The number of primary amides is 1. The summed E-state index contributed by atoms with van der Waals surface area (Å²) in [5, 5.41) is 3.64. The van der Waals surface area contributed by atoms with E-state index in [2.05, 4.69) is 5.32 Å². The smallest absolute Gasteiger partial charge is 0.281 e. The molecule has 2 rings (SSSR count). The van der Waals surface area contributed by atoms with E-state index in [4.69, 9.17) is 18.0 Å². The average molecular weight is 234 g/mol. The summed E-state index contributed by atoms with van der Waals surface area (Å²) in [5.74, 6) is -1.36. The van der Waals surface area contributed by atoms with E-state index in [0.717, 1.165) is 0 Å². The molecular formula is C10H8N3O2S. The van der Waals surface area contributed by atoms with Crippen LogP contribution in [0.15, 0.2) is 30.3 Å². The topological polar surface area (TPSA) is 77.5 Å². The van der Waals surface area contributed by atoms with Crippen LogP contribution in [0.4, 0.5) is 5.69 Å². The first kappa shape index (κ1) is 10.6. The Hall–Kier alpha value is -1.95. The average Bonchev–Trinajstić information content (AvgIpc) is 2.55. The molecule has 0 aliphatic carbocycles. The molecule has 1 fully saturated rings. The van der Waals surface area contributed by atoms with Gasteiger partial charge in [-0.3, -0.25) is 14.5 Å². The van der Waals surface area contributed by atoms with Crippen molar-refractivity contribution in [2.75, 3.05) is 4.90 Å². The number of benzene rings is 1. The van der Waals surface area contributed by atoms with Crippen molar-refractivity contribution in [3.63, 3.8) is 0 Å². The van der Waals surface area contributed by atoms with Gasteiger partial charge in [0.1, 0.15) is 0 Å². The summed E-state index contributed by atoms with van der Waals surface area (Å²) < 4.78 is 0. The molecule has 2 N–H and O–H groups in total. The first-order chi connectivity index (χ1) is 7.61. The van der Waals surface area contributed by atoms with E-state index in [9.17, 15) is 9.59 Å². The number of nitrogens with two attached hydrogens (primary N) is 1. The second-order valence-electron chi connectivity index (χ2n) is 3.24. The summed E-state index contributed by atoms with van der Waals surface area (Å²) in [6.45, 7) is 0. The second kappa shape index (κ2) is 3.90. The number of carbonyl (C=O) groups excluding carboxylic acids is 2. The molecule has 0 saturated carbocycles. The molecule has 0 aromatic heterocycles. The molecule has 1 aromatic rings. The van der Waals surface area contributed by atoms with E-state index >= 15 is 0 Å². The predicted molar refractivity (Wildman–Crippen MR) is 61.6 cm³/mol. The highest BCUT2D eigenvalue weighted by atomic mass is 32.1. The lowest BCUT2D eigenvalue weighted by Crippen LogP contribution is -2.45. The number of nitrogens with zero attached hydrogens (tertiary/aromatic N) is 2. The lowest BCUT2D eigenvalue weighted by atomic mass is 10.2. The molecule has 1 aliphatic rings. The minimum Gasteiger partial charge on any atom is -0.367 e. The first-order valence-electron chi connectivity index (χ1n) is 4.54. The van der Waals surface area contributed by atoms with E-state index in [1.807, 2.05) is 6.07 Å². The van der Waals surface area contributed by atoms with E-state index in [1.54, 1.807) is 24.3 Å². The Kier molecular flexibility index (Phi) is 2.57. The molecule has 1 atom stereocenters. The Morgan fingerprint density at radius 2 is 2.00 bits per heavy atom. The SMILES string of the molecule is NC(=O)C1C(=O)[N]C(=S)N1c1ccccc1. The third-order valence-corrected chi connectivity index (χ3v) is 2.50. The van der Waals surface area contributed by atoms with Gasteiger partial charge < -0.3 is 5.73 Å². The zero-order valence-corrected chi connectivity index (χ0v) is 8.98. The van der Waals surface area contributed by atoms with Gasteiger partial charge in [-0.15, -0.1) is 0 Å². The fourth-order valence-corrected chi connectivity index (χ4v) is 1.83. The van der Waals surface area contributed by atoms with Crippen molar-refractivity contribution in [1.29, 1.82) is 0 Å². The van der Waals surface area contributed by atoms with Crippen molar-refractivity contribution in [1.82, 2.24) is 5.32 Å². The van der Waals surface area contributed by atoms with E-state index in [-0.39, 0.29) is 5.11 Å². The minimum atomic E-state index is -1.12. The van der Waals surface area contributed by atoms with Crippen molar-refractivity contribution in [2.24, 2.45) is 5.73 Å². The summed E-state index contributed by atoms with van der Waals surface area (Å²) >= 11 is 4.93. The number of anilines is 1. The highest BCUT2D eigenvalue weighted by Gasteiger charge is 2.42. The van der Waals surface area contributed by atoms with Crippen LogP contribution in [-0.4, -0.2) is 23.0 Å². The lowest BCUT2D eigenvalue weighted by Gasteiger charge is -2.20. The van der Waals surface area contributed by atoms with Gasteiger partial charge in [-0.25, -0.2) is 0 Å². The molecule has 0 spiro atoms. The van der Waals surface area contributed by atoms with Crippen molar-refractivity contribution in [2.45, 2.75) is 6.04 Å². The highest BCUT2D eigenvalue weighted by Crippen LogP contribution is 2.21. The maximum absolute atomic E-state index is 11.4. The molecular weight excluding hydrogens is 226 g/mol. The molecule has 1 heterocycles. The van der Waals surface area contributed by atoms with Gasteiger partial charge in [0, 0.05) is 5.69 Å². The van der Waals surface area contributed by atoms with Gasteiger partial charge in [-0.1, -0.05) is 18.2 Å². The van der Waals surface area contributed by atoms with Crippen LogP contribution >= 0.6 is 12.2 Å². The number of amides is 2. The van der Waals surface area contributed by atoms with Crippen molar-refractivity contribution >= 4 is 34.8 Å². The van der Waals surface area contributed by atoms with Gasteiger partial charge in [-0.2, -0.15) is 5.32 Å². The Balaban J connectivity index is 2.42. The summed E-state index contributed by atoms with van der Waals surface area (Å²) in [4.78, 5) is 24.0. The molecule has 2 amide bonds. The van der Waals surface area contributed by atoms with Crippen LogP contribution in [0.2, 0.25) is 0 Å². The maximum atomic E-state index is 11.4. The molecule has 0 bridgehead atoms. The van der Waals surface area contributed by atoms with Crippen molar-refractivity contribution in [3.8, 4) is 0 Å². The largest absolute Gasteiger partial charge is 0.367 e. The first-order valence-corrected chi connectivity index (χ1v) is 4.95. The Morgan fingerprint density at radius 1 is 1.38 bits per heavy atom. The number of para-hydroxylation sites is 1. The monoisotopic (exact) mass is 234 g/mol. The Bertz CT molecular complexity index is 460. The number of thiocarbonyl (C=S) groups is 1. The number of hydrogen-bond acceptors (Lipinski definition) is 3. The summed E-state index contributed by atoms with van der Waals surface area (Å²) in [6, 6.07) is 7.72. The van der Waals surface area contributed by atoms with Crippen LogP contribution in [-0.2, 0) is 9.59 Å². The lowest BCUT2D eigenvalue weighted by molar-refractivity contribution is -0.127. The molecule has 81 valence electrons. The van der Waals surface area contributed by atoms with E-state index in [0.29, 0.717) is 5.69 Å². The quantitative estimate of drug-likeness (QED) is 0.566.